The fourth-order valence-corrected chi connectivity index (χ4v) is 4.46. The number of benzene rings is 3. The van der Waals surface area contributed by atoms with E-state index in [0.717, 1.165) is 17.8 Å². The van der Waals surface area contributed by atoms with Crippen LogP contribution in [0.3, 0.4) is 0 Å². The minimum Gasteiger partial charge on any atom is -0.257 e. The van der Waals surface area contributed by atoms with Crippen LogP contribution in [0, 0.1) is 0 Å². The van der Waals surface area contributed by atoms with Gasteiger partial charge in [0, 0.05) is 6.42 Å². The van der Waals surface area contributed by atoms with Gasteiger partial charge in [0.1, 0.15) is 0 Å². The second-order valence-electron chi connectivity index (χ2n) is 11.0. The van der Waals surface area contributed by atoms with Gasteiger partial charge in [0.05, 0.1) is 17.4 Å². The van der Waals surface area contributed by atoms with Crippen LogP contribution in [0.2, 0.25) is 0 Å². The first-order valence-electron chi connectivity index (χ1n) is 12.3. The summed E-state index contributed by atoms with van der Waals surface area (Å²) in [4.78, 5) is 0. The minimum atomic E-state index is 0.141. The second-order valence-corrected chi connectivity index (χ2v) is 11.0. The standard InChI is InChI=1S/C31H38N2/c1-21(2)23-8-12-25(13-9-23)29-20-30(26-14-10-24(11-15-26)22(3)4)33(32-29)28-18-16-27(17-19-28)31(5,6)7/h8-19,21-22,30H,20H2,1-7H3. The molecule has 2 nitrogen and oxygen atoms in total. The van der Waals surface area contributed by atoms with Gasteiger partial charge in [-0.25, -0.2) is 0 Å². The maximum Gasteiger partial charge on any atom is 0.0831 e. The third-order valence-electron chi connectivity index (χ3n) is 6.81. The van der Waals surface area contributed by atoms with Crippen LogP contribution >= 0.6 is 0 Å². The SMILES string of the molecule is CC(C)c1ccc(C2=NN(c3ccc(C(C)(C)C)cc3)C(c3ccc(C(C)C)cc3)C2)cc1. The van der Waals surface area contributed by atoms with E-state index in [9.17, 15) is 0 Å². The summed E-state index contributed by atoms with van der Waals surface area (Å²) in [6, 6.07) is 27.2. The van der Waals surface area contributed by atoms with Gasteiger partial charge in [-0.3, -0.25) is 5.01 Å². The van der Waals surface area contributed by atoms with Crippen molar-refractivity contribution in [2.75, 3.05) is 5.01 Å². The molecule has 0 aromatic heterocycles. The molecule has 1 atom stereocenters. The molecule has 1 unspecified atom stereocenters. The van der Waals surface area contributed by atoms with Gasteiger partial charge in [-0.1, -0.05) is 109 Å². The van der Waals surface area contributed by atoms with Crippen LogP contribution in [0.5, 0.6) is 0 Å². The molecule has 0 bridgehead atoms. The Morgan fingerprint density at radius 1 is 0.727 bits per heavy atom. The number of nitrogens with zero attached hydrogens (tertiary/aromatic N) is 2. The van der Waals surface area contributed by atoms with E-state index in [2.05, 4.69) is 126 Å². The fraction of sp³-hybridized carbons (Fsp3) is 0.387. The number of rotatable bonds is 5. The van der Waals surface area contributed by atoms with Crippen molar-refractivity contribution in [1.29, 1.82) is 0 Å². The molecule has 1 aliphatic heterocycles. The molecular formula is C31H38N2. The van der Waals surface area contributed by atoms with Gasteiger partial charge in [0.15, 0.2) is 0 Å². The van der Waals surface area contributed by atoms with Crippen LogP contribution in [-0.2, 0) is 5.41 Å². The number of hydrogen-bond donors (Lipinski definition) is 0. The zero-order valence-corrected chi connectivity index (χ0v) is 21.3. The third kappa shape index (κ3) is 5.05. The molecule has 33 heavy (non-hydrogen) atoms. The van der Waals surface area contributed by atoms with Crippen molar-refractivity contribution in [2.24, 2.45) is 5.10 Å². The molecule has 0 fully saturated rings. The van der Waals surface area contributed by atoms with Crippen LogP contribution in [-0.4, -0.2) is 5.71 Å². The first-order chi connectivity index (χ1) is 15.6. The quantitative estimate of drug-likeness (QED) is 0.389. The minimum absolute atomic E-state index is 0.141. The average molecular weight is 439 g/mol. The lowest BCUT2D eigenvalue weighted by atomic mass is 9.87. The number of anilines is 1. The van der Waals surface area contributed by atoms with Crippen molar-refractivity contribution in [3.63, 3.8) is 0 Å². The Morgan fingerprint density at radius 2 is 1.24 bits per heavy atom. The molecule has 1 aliphatic rings. The normalized spacial score (nSPS) is 16.6. The maximum absolute atomic E-state index is 5.16. The number of hydrogen-bond acceptors (Lipinski definition) is 2. The van der Waals surface area contributed by atoms with Gasteiger partial charge in [-0.05, 0) is 57.2 Å². The summed E-state index contributed by atoms with van der Waals surface area (Å²) in [5, 5.41) is 7.38. The predicted octanol–water partition coefficient (Wildman–Crippen LogP) is 8.59. The zero-order valence-electron chi connectivity index (χ0n) is 21.3. The summed E-state index contributed by atoms with van der Waals surface area (Å²) in [6.45, 7) is 15.7. The molecule has 0 spiro atoms. The topological polar surface area (TPSA) is 15.6 Å². The highest BCUT2D eigenvalue weighted by Crippen LogP contribution is 2.38. The second kappa shape index (κ2) is 9.17. The summed E-state index contributed by atoms with van der Waals surface area (Å²) in [5.41, 5.74) is 9.07. The zero-order chi connectivity index (χ0) is 23.8. The van der Waals surface area contributed by atoms with Crippen molar-refractivity contribution >= 4 is 11.4 Å². The predicted molar refractivity (Wildman–Crippen MR) is 143 cm³/mol. The molecular weight excluding hydrogens is 400 g/mol. The van der Waals surface area contributed by atoms with Crippen molar-refractivity contribution in [1.82, 2.24) is 0 Å². The Kier molecular flexibility index (Phi) is 6.47. The van der Waals surface area contributed by atoms with E-state index >= 15 is 0 Å². The third-order valence-corrected chi connectivity index (χ3v) is 6.81. The maximum atomic E-state index is 5.16. The van der Waals surface area contributed by atoms with Gasteiger partial charge in [0.2, 0.25) is 0 Å². The van der Waals surface area contributed by atoms with Crippen LogP contribution in [0.25, 0.3) is 0 Å². The Balaban J connectivity index is 1.70. The molecule has 0 aliphatic carbocycles. The van der Waals surface area contributed by atoms with Crippen molar-refractivity contribution in [2.45, 2.75) is 78.2 Å². The van der Waals surface area contributed by atoms with Gasteiger partial charge < -0.3 is 0 Å². The molecule has 3 aromatic rings. The molecule has 1 heterocycles. The van der Waals surface area contributed by atoms with Gasteiger partial charge >= 0.3 is 0 Å². The van der Waals surface area contributed by atoms with E-state index in [1.54, 1.807) is 0 Å². The van der Waals surface area contributed by atoms with E-state index in [4.69, 9.17) is 5.10 Å². The molecule has 2 heteroatoms. The molecule has 4 rings (SSSR count). The van der Waals surface area contributed by atoms with Crippen LogP contribution < -0.4 is 5.01 Å². The van der Waals surface area contributed by atoms with Gasteiger partial charge in [-0.2, -0.15) is 5.10 Å². The van der Waals surface area contributed by atoms with Crippen LogP contribution in [0.1, 0.15) is 101 Å². The Morgan fingerprint density at radius 3 is 1.73 bits per heavy atom. The van der Waals surface area contributed by atoms with E-state index in [1.165, 1.54) is 27.8 Å². The summed E-state index contributed by atoms with van der Waals surface area (Å²) in [6.07, 6.45) is 0.906. The van der Waals surface area contributed by atoms with Crippen molar-refractivity contribution in [3.05, 3.63) is 101 Å². The highest BCUT2D eigenvalue weighted by atomic mass is 15.5. The van der Waals surface area contributed by atoms with Crippen LogP contribution in [0.15, 0.2) is 77.9 Å². The lowest BCUT2D eigenvalue weighted by Crippen LogP contribution is -2.19. The smallest absolute Gasteiger partial charge is 0.0831 e. The van der Waals surface area contributed by atoms with E-state index in [-0.39, 0.29) is 11.5 Å². The molecule has 0 N–H and O–H groups in total. The molecule has 0 radical (unpaired) electrons. The summed E-state index contributed by atoms with van der Waals surface area (Å²) in [5.74, 6) is 1.07. The highest BCUT2D eigenvalue weighted by molar-refractivity contribution is 6.03. The van der Waals surface area contributed by atoms with Crippen LogP contribution in [0.4, 0.5) is 5.69 Å². The Bertz CT molecular complexity index is 1100. The average Bonchev–Trinajstić information content (AvgIpc) is 3.24. The van der Waals surface area contributed by atoms with Crippen molar-refractivity contribution in [3.8, 4) is 0 Å². The lowest BCUT2D eigenvalue weighted by molar-refractivity contribution is 0.590. The van der Waals surface area contributed by atoms with E-state index in [1.807, 2.05) is 0 Å². The summed E-state index contributed by atoms with van der Waals surface area (Å²) >= 11 is 0. The largest absolute Gasteiger partial charge is 0.257 e. The lowest BCUT2D eigenvalue weighted by Gasteiger charge is -2.26. The molecule has 0 saturated heterocycles. The first-order valence-corrected chi connectivity index (χ1v) is 12.3. The molecule has 0 saturated carbocycles. The summed E-state index contributed by atoms with van der Waals surface area (Å²) < 4.78 is 0. The van der Waals surface area contributed by atoms with E-state index < -0.39 is 0 Å². The molecule has 172 valence electrons. The monoisotopic (exact) mass is 438 g/mol. The fourth-order valence-electron chi connectivity index (χ4n) is 4.46. The van der Waals surface area contributed by atoms with Gasteiger partial charge in [0.25, 0.3) is 0 Å². The summed E-state index contributed by atoms with van der Waals surface area (Å²) in [7, 11) is 0. The first kappa shape index (κ1) is 23.3. The molecule has 3 aromatic carbocycles. The van der Waals surface area contributed by atoms with Crippen molar-refractivity contribution < 1.29 is 0 Å². The van der Waals surface area contributed by atoms with E-state index in [0.29, 0.717) is 11.8 Å². The Labute approximate surface area is 200 Å². The highest BCUT2D eigenvalue weighted by Gasteiger charge is 2.30. The molecule has 0 amide bonds. The number of hydrazone groups is 1. The Hall–Kier alpha value is -2.87. The van der Waals surface area contributed by atoms with Gasteiger partial charge in [-0.15, -0.1) is 0 Å².